The van der Waals surface area contributed by atoms with Gasteiger partial charge in [-0.2, -0.15) is 0 Å². The van der Waals surface area contributed by atoms with Crippen molar-refractivity contribution in [3.05, 3.63) is 84.1 Å². The summed E-state index contributed by atoms with van der Waals surface area (Å²) in [6.45, 7) is 1.50. The van der Waals surface area contributed by atoms with Crippen LogP contribution < -0.4 is 5.32 Å². The molecule has 4 aromatic rings. The zero-order valence-electron chi connectivity index (χ0n) is 15.7. The van der Waals surface area contributed by atoms with Crippen LogP contribution in [0.3, 0.4) is 0 Å². The van der Waals surface area contributed by atoms with Crippen molar-refractivity contribution in [2.75, 3.05) is 11.9 Å². The lowest BCUT2D eigenvalue weighted by Crippen LogP contribution is -2.21. The molecule has 0 spiro atoms. The average molecular weight is 386 g/mol. The van der Waals surface area contributed by atoms with E-state index in [1.54, 1.807) is 36.6 Å². The zero-order valence-corrected chi connectivity index (χ0v) is 15.7. The number of aryl methyl sites for hydroxylation is 1. The molecule has 0 aliphatic rings. The van der Waals surface area contributed by atoms with Gasteiger partial charge >= 0.3 is 5.97 Å². The smallest absolute Gasteiger partial charge is 0.339 e. The standard InChI is InChI=1S/C23H18N2O4/c1-15-7-2-4-9-18(15)25-22(26)14-29-23(27)17-13-20(21-11-6-12-28-21)24-19-10-5-3-8-16(17)19/h2-13H,14H2,1H3,(H,25,26). The second kappa shape index (κ2) is 7.98. The van der Waals surface area contributed by atoms with E-state index in [9.17, 15) is 9.59 Å². The molecule has 0 saturated carbocycles. The minimum atomic E-state index is -0.601. The molecule has 29 heavy (non-hydrogen) atoms. The predicted molar refractivity (Wildman–Crippen MR) is 110 cm³/mol. The molecule has 0 saturated heterocycles. The van der Waals surface area contributed by atoms with Crippen LogP contribution in [0.4, 0.5) is 5.69 Å². The summed E-state index contributed by atoms with van der Waals surface area (Å²) >= 11 is 0. The van der Waals surface area contributed by atoms with E-state index in [4.69, 9.17) is 9.15 Å². The summed E-state index contributed by atoms with van der Waals surface area (Å²) in [5, 5.41) is 3.39. The molecular formula is C23H18N2O4. The van der Waals surface area contributed by atoms with Crippen LogP contribution in [0.25, 0.3) is 22.4 Å². The molecule has 2 aromatic carbocycles. The molecule has 6 heteroatoms. The van der Waals surface area contributed by atoms with E-state index in [1.807, 2.05) is 43.3 Å². The maximum absolute atomic E-state index is 12.7. The Morgan fingerprint density at radius 2 is 1.83 bits per heavy atom. The Morgan fingerprint density at radius 3 is 2.62 bits per heavy atom. The maximum atomic E-state index is 12.7. The number of nitrogens with one attached hydrogen (secondary N) is 1. The molecule has 2 heterocycles. The Hall–Kier alpha value is -3.93. The van der Waals surface area contributed by atoms with Crippen LogP contribution in [0.15, 0.2) is 77.4 Å². The SMILES string of the molecule is Cc1ccccc1NC(=O)COC(=O)c1cc(-c2ccco2)nc2ccccc12. The number of para-hydroxylation sites is 2. The molecule has 6 nitrogen and oxygen atoms in total. The van der Waals surface area contributed by atoms with Crippen molar-refractivity contribution in [1.29, 1.82) is 0 Å². The molecule has 0 radical (unpaired) electrons. The molecule has 0 aliphatic heterocycles. The second-order valence-corrected chi connectivity index (χ2v) is 6.49. The molecule has 2 aromatic heterocycles. The van der Waals surface area contributed by atoms with Crippen molar-refractivity contribution >= 4 is 28.5 Å². The van der Waals surface area contributed by atoms with Crippen LogP contribution in [-0.2, 0) is 9.53 Å². The van der Waals surface area contributed by atoms with Crippen molar-refractivity contribution < 1.29 is 18.7 Å². The van der Waals surface area contributed by atoms with Crippen LogP contribution in [0.5, 0.6) is 0 Å². The number of benzene rings is 2. The molecule has 0 fully saturated rings. The first kappa shape index (κ1) is 18.4. The van der Waals surface area contributed by atoms with E-state index in [-0.39, 0.29) is 6.61 Å². The van der Waals surface area contributed by atoms with Gasteiger partial charge in [-0.3, -0.25) is 4.79 Å². The summed E-state index contributed by atoms with van der Waals surface area (Å²) in [4.78, 5) is 29.5. The van der Waals surface area contributed by atoms with Crippen molar-refractivity contribution in [3.8, 4) is 11.5 Å². The molecule has 1 amide bonds. The van der Waals surface area contributed by atoms with E-state index in [0.717, 1.165) is 5.56 Å². The van der Waals surface area contributed by atoms with Gasteiger partial charge in [0, 0.05) is 11.1 Å². The lowest BCUT2D eigenvalue weighted by atomic mass is 10.1. The topological polar surface area (TPSA) is 81.4 Å². The number of furan rings is 1. The van der Waals surface area contributed by atoms with Crippen LogP contribution >= 0.6 is 0 Å². The number of hydrogen-bond donors (Lipinski definition) is 1. The molecule has 0 bridgehead atoms. The predicted octanol–water partition coefficient (Wildman–Crippen LogP) is 4.60. The van der Waals surface area contributed by atoms with Gasteiger partial charge in [-0.05, 0) is 42.8 Å². The molecule has 0 atom stereocenters. The zero-order chi connectivity index (χ0) is 20.2. The first-order chi connectivity index (χ1) is 14.1. The van der Waals surface area contributed by atoms with Crippen LogP contribution in [-0.4, -0.2) is 23.5 Å². The number of anilines is 1. The van der Waals surface area contributed by atoms with Crippen LogP contribution in [0.2, 0.25) is 0 Å². The van der Waals surface area contributed by atoms with E-state index in [2.05, 4.69) is 10.3 Å². The van der Waals surface area contributed by atoms with Gasteiger partial charge in [0.05, 0.1) is 17.3 Å². The number of hydrogen-bond acceptors (Lipinski definition) is 5. The number of esters is 1. The molecule has 0 aliphatic carbocycles. The third-order valence-corrected chi connectivity index (χ3v) is 4.46. The quantitative estimate of drug-likeness (QED) is 0.507. The Balaban J connectivity index is 1.55. The van der Waals surface area contributed by atoms with Gasteiger partial charge in [-0.25, -0.2) is 9.78 Å². The lowest BCUT2D eigenvalue weighted by Gasteiger charge is -2.10. The Labute approximate surface area is 167 Å². The monoisotopic (exact) mass is 386 g/mol. The summed E-state index contributed by atoms with van der Waals surface area (Å²) in [5.74, 6) is -0.462. The van der Waals surface area contributed by atoms with Gasteiger partial charge in [0.1, 0.15) is 5.69 Å². The fraction of sp³-hybridized carbons (Fsp3) is 0.0870. The second-order valence-electron chi connectivity index (χ2n) is 6.49. The van der Waals surface area contributed by atoms with E-state index >= 15 is 0 Å². The fourth-order valence-corrected chi connectivity index (χ4v) is 3.00. The molecule has 144 valence electrons. The largest absolute Gasteiger partial charge is 0.463 e. The first-order valence-corrected chi connectivity index (χ1v) is 9.08. The third kappa shape index (κ3) is 4.01. The summed E-state index contributed by atoms with van der Waals surface area (Å²) in [5.41, 5.74) is 3.09. The Kier molecular flexibility index (Phi) is 5.07. The average Bonchev–Trinajstić information content (AvgIpc) is 3.28. The van der Waals surface area contributed by atoms with Crippen LogP contribution in [0.1, 0.15) is 15.9 Å². The summed E-state index contributed by atoms with van der Waals surface area (Å²) in [6.07, 6.45) is 1.54. The summed E-state index contributed by atoms with van der Waals surface area (Å²) in [7, 11) is 0. The van der Waals surface area contributed by atoms with E-state index in [1.165, 1.54) is 0 Å². The minimum absolute atomic E-state index is 0.325. The van der Waals surface area contributed by atoms with Crippen molar-refractivity contribution in [1.82, 2.24) is 4.98 Å². The third-order valence-electron chi connectivity index (χ3n) is 4.46. The highest BCUT2D eigenvalue weighted by Crippen LogP contribution is 2.25. The normalized spacial score (nSPS) is 10.7. The molecular weight excluding hydrogens is 368 g/mol. The van der Waals surface area contributed by atoms with Gasteiger partial charge < -0.3 is 14.5 Å². The molecule has 4 rings (SSSR count). The first-order valence-electron chi connectivity index (χ1n) is 9.08. The Morgan fingerprint density at radius 1 is 1.03 bits per heavy atom. The molecule has 1 N–H and O–H groups in total. The highest BCUT2D eigenvalue weighted by atomic mass is 16.5. The number of pyridine rings is 1. The van der Waals surface area contributed by atoms with Crippen molar-refractivity contribution in [2.45, 2.75) is 6.92 Å². The van der Waals surface area contributed by atoms with Gasteiger partial charge in [0.25, 0.3) is 5.91 Å². The van der Waals surface area contributed by atoms with Crippen molar-refractivity contribution in [3.63, 3.8) is 0 Å². The highest BCUT2D eigenvalue weighted by Gasteiger charge is 2.17. The molecule has 0 unspecified atom stereocenters. The maximum Gasteiger partial charge on any atom is 0.339 e. The highest BCUT2D eigenvalue weighted by molar-refractivity contribution is 6.05. The lowest BCUT2D eigenvalue weighted by molar-refractivity contribution is -0.119. The number of ether oxygens (including phenoxy) is 1. The van der Waals surface area contributed by atoms with Gasteiger partial charge in [0.2, 0.25) is 0 Å². The van der Waals surface area contributed by atoms with Gasteiger partial charge in [-0.15, -0.1) is 0 Å². The number of amides is 1. The van der Waals surface area contributed by atoms with Gasteiger partial charge in [0.15, 0.2) is 12.4 Å². The Bertz CT molecular complexity index is 1180. The number of carbonyl (C=O) groups excluding carboxylic acids is 2. The van der Waals surface area contributed by atoms with E-state index < -0.39 is 11.9 Å². The fourth-order valence-electron chi connectivity index (χ4n) is 3.00. The number of rotatable bonds is 5. The number of fused-ring (bicyclic) bond motifs is 1. The van der Waals surface area contributed by atoms with Gasteiger partial charge in [-0.1, -0.05) is 36.4 Å². The number of aromatic nitrogens is 1. The van der Waals surface area contributed by atoms with Crippen LogP contribution in [0, 0.1) is 6.92 Å². The minimum Gasteiger partial charge on any atom is -0.463 e. The van der Waals surface area contributed by atoms with E-state index in [0.29, 0.717) is 33.6 Å². The number of nitrogens with zero attached hydrogens (tertiary/aromatic N) is 1. The van der Waals surface area contributed by atoms with Crippen molar-refractivity contribution in [2.24, 2.45) is 0 Å². The summed E-state index contributed by atoms with van der Waals surface area (Å²) < 4.78 is 10.7. The number of carbonyl (C=O) groups is 2. The summed E-state index contributed by atoms with van der Waals surface area (Å²) in [6, 6.07) is 19.8.